The number of hydrogen-bond acceptors (Lipinski definition) is 7. The zero-order chi connectivity index (χ0) is 24.1. The molecule has 2 aromatic rings. The molecule has 0 unspecified atom stereocenters. The molecule has 0 aliphatic rings. The zero-order valence-electron chi connectivity index (χ0n) is 17.8. The van der Waals surface area contributed by atoms with Gasteiger partial charge < -0.3 is 25.5 Å². The summed E-state index contributed by atoms with van der Waals surface area (Å²) < 4.78 is 10.5. The van der Waals surface area contributed by atoms with E-state index in [2.05, 4.69) is 34.1 Å². The number of rotatable bonds is 7. The Balaban J connectivity index is 1.99. The molecule has 0 aliphatic heterocycles. The second-order valence-electron chi connectivity index (χ2n) is 7.47. The molecule has 0 saturated carbocycles. The number of hydrogen-bond donors (Lipinski definition) is 4. The number of oxazole rings is 1. The highest BCUT2D eigenvalue weighted by Crippen LogP contribution is 2.21. The lowest BCUT2D eigenvalue weighted by atomic mass is 10.2. The van der Waals surface area contributed by atoms with Crippen molar-refractivity contribution in [3.8, 4) is 11.5 Å². The largest absolute Gasteiger partial charge is 0.444 e. The van der Waals surface area contributed by atoms with E-state index in [1.165, 1.54) is 0 Å². The molecule has 32 heavy (non-hydrogen) atoms. The summed E-state index contributed by atoms with van der Waals surface area (Å²) in [5.41, 5.74) is 4.57. The van der Waals surface area contributed by atoms with Crippen molar-refractivity contribution < 1.29 is 28.3 Å². The Labute approximate surface area is 183 Å². The minimum absolute atomic E-state index is 0.112. The molecule has 0 aliphatic carbocycles. The van der Waals surface area contributed by atoms with Crippen LogP contribution < -0.4 is 21.7 Å². The third-order valence-corrected chi connectivity index (χ3v) is 3.61. The molecular weight excluding hydrogens is 418 g/mol. The van der Waals surface area contributed by atoms with Gasteiger partial charge in [0, 0.05) is 11.3 Å². The van der Waals surface area contributed by atoms with E-state index in [0.717, 1.165) is 6.26 Å². The van der Waals surface area contributed by atoms with Crippen LogP contribution in [0.5, 0.6) is 0 Å². The predicted molar refractivity (Wildman–Crippen MR) is 115 cm³/mol. The fraction of sp³-hybridized carbons (Fsp3) is 0.190. The Hall–Kier alpha value is -4.41. The van der Waals surface area contributed by atoms with Gasteiger partial charge in [-0.25, -0.2) is 9.78 Å². The molecular formula is C21H23N5O6. The Morgan fingerprint density at radius 1 is 1.03 bits per heavy atom. The topological polar surface area (TPSA) is 166 Å². The number of primary amides is 1. The molecule has 11 nitrogen and oxygen atoms in total. The fourth-order valence-corrected chi connectivity index (χ4v) is 2.16. The summed E-state index contributed by atoms with van der Waals surface area (Å²) in [6.45, 7) is 11.9. The number of ether oxygens (including phenoxy) is 1. The van der Waals surface area contributed by atoms with Crippen LogP contribution in [-0.2, 0) is 14.3 Å². The molecule has 0 saturated heterocycles. The molecule has 0 radical (unpaired) electrons. The molecule has 1 heterocycles. The van der Waals surface area contributed by atoms with E-state index in [1.807, 2.05) is 0 Å². The highest BCUT2D eigenvalue weighted by molar-refractivity contribution is 6.05. The summed E-state index contributed by atoms with van der Waals surface area (Å²) in [6, 6.07) is 6.48. The number of nitrogens with two attached hydrogens (primary N) is 1. The van der Waals surface area contributed by atoms with Crippen LogP contribution in [0.3, 0.4) is 0 Å². The van der Waals surface area contributed by atoms with E-state index >= 15 is 0 Å². The second-order valence-corrected chi connectivity index (χ2v) is 7.47. The van der Waals surface area contributed by atoms with E-state index in [4.69, 9.17) is 14.9 Å². The van der Waals surface area contributed by atoms with Crippen LogP contribution in [0, 0.1) is 0 Å². The number of nitrogens with zero attached hydrogens (tertiary/aromatic N) is 1. The van der Waals surface area contributed by atoms with Crippen molar-refractivity contribution in [1.29, 1.82) is 0 Å². The first-order chi connectivity index (χ1) is 14.9. The van der Waals surface area contributed by atoms with E-state index in [-0.39, 0.29) is 23.0 Å². The number of anilines is 1. The van der Waals surface area contributed by atoms with Crippen LogP contribution in [0.1, 0.15) is 31.3 Å². The molecule has 1 aromatic heterocycles. The maximum Gasteiger partial charge on any atom is 0.412 e. The summed E-state index contributed by atoms with van der Waals surface area (Å²) in [6.07, 6.45) is 0.509. The second kappa shape index (κ2) is 9.60. The highest BCUT2D eigenvalue weighted by atomic mass is 16.6. The lowest BCUT2D eigenvalue weighted by Gasteiger charge is -2.19. The standard InChI is InChI=1S/C21H23N5O6/c1-11(16(22)27)23-17(28)12(2)24-18(29)15-10-31-19(26-15)13-6-8-14(9-7-13)25-20(30)32-21(3,4)5/h6-10H,1-2H2,3-5H3,(H2,22,27)(H,23,28)(H,24,29)(H,25,30). The first-order valence-electron chi connectivity index (χ1n) is 9.22. The van der Waals surface area contributed by atoms with Gasteiger partial charge in [0.15, 0.2) is 5.69 Å². The van der Waals surface area contributed by atoms with Crippen LogP contribution in [-0.4, -0.2) is 34.4 Å². The molecule has 0 fully saturated rings. The van der Waals surface area contributed by atoms with Gasteiger partial charge in [0.1, 0.15) is 11.9 Å². The smallest absolute Gasteiger partial charge is 0.412 e. The molecule has 11 heteroatoms. The highest BCUT2D eigenvalue weighted by Gasteiger charge is 2.19. The molecule has 5 N–H and O–H groups in total. The van der Waals surface area contributed by atoms with Gasteiger partial charge in [0.05, 0.1) is 11.4 Å². The normalized spacial score (nSPS) is 10.6. The maximum atomic E-state index is 12.3. The summed E-state index contributed by atoms with van der Waals surface area (Å²) >= 11 is 0. The number of aromatic nitrogens is 1. The van der Waals surface area contributed by atoms with Crippen molar-refractivity contribution in [1.82, 2.24) is 15.6 Å². The molecule has 1 aromatic carbocycles. The van der Waals surface area contributed by atoms with Crippen molar-refractivity contribution >= 4 is 29.5 Å². The van der Waals surface area contributed by atoms with E-state index in [0.29, 0.717) is 11.3 Å². The first-order valence-corrected chi connectivity index (χ1v) is 9.22. The number of benzene rings is 1. The van der Waals surface area contributed by atoms with Crippen LogP contribution in [0.4, 0.5) is 10.5 Å². The van der Waals surface area contributed by atoms with Crippen LogP contribution >= 0.6 is 0 Å². The fourth-order valence-electron chi connectivity index (χ4n) is 2.16. The predicted octanol–water partition coefficient (Wildman–Crippen LogP) is 2.05. The monoisotopic (exact) mass is 441 g/mol. The molecule has 168 valence electrons. The molecule has 0 atom stereocenters. The first kappa shape index (κ1) is 23.9. The Kier molecular flexibility index (Phi) is 7.16. The molecule has 0 bridgehead atoms. The third-order valence-electron chi connectivity index (χ3n) is 3.61. The summed E-state index contributed by atoms with van der Waals surface area (Å²) in [5, 5.41) is 6.92. The Morgan fingerprint density at radius 3 is 2.22 bits per heavy atom. The summed E-state index contributed by atoms with van der Waals surface area (Å²) in [4.78, 5) is 50.9. The number of nitrogens with one attached hydrogen (secondary N) is 3. The van der Waals surface area contributed by atoms with Crippen LogP contribution in [0.2, 0.25) is 0 Å². The van der Waals surface area contributed by atoms with E-state index in [9.17, 15) is 19.2 Å². The van der Waals surface area contributed by atoms with Crippen LogP contribution in [0.15, 0.2) is 59.5 Å². The van der Waals surface area contributed by atoms with Gasteiger partial charge in [-0.2, -0.15) is 0 Å². The number of carbonyl (C=O) groups is 4. The quantitative estimate of drug-likeness (QED) is 0.477. The average molecular weight is 441 g/mol. The molecule has 4 amide bonds. The minimum atomic E-state index is -0.925. The molecule has 2 rings (SSSR count). The van der Waals surface area contributed by atoms with Gasteiger partial charge in [0.2, 0.25) is 5.89 Å². The van der Waals surface area contributed by atoms with Crippen LogP contribution in [0.25, 0.3) is 11.5 Å². The maximum absolute atomic E-state index is 12.3. The van der Waals surface area contributed by atoms with Crippen molar-refractivity contribution in [2.75, 3.05) is 5.32 Å². The molecule has 0 spiro atoms. The Bertz CT molecular complexity index is 1080. The van der Waals surface area contributed by atoms with E-state index < -0.39 is 29.4 Å². The summed E-state index contributed by atoms with van der Waals surface area (Å²) in [5.74, 6) is -2.41. The van der Waals surface area contributed by atoms with Gasteiger partial charge in [-0.05, 0) is 45.0 Å². The van der Waals surface area contributed by atoms with Crippen molar-refractivity contribution in [3.05, 3.63) is 60.8 Å². The SMILES string of the molecule is C=C(NC(=O)C(=C)NC(=O)c1coc(-c2ccc(NC(=O)OC(C)(C)C)cc2)n1)C(N)=O. The van der Waals surface area contributed by atoms with E-state index in [1.54, 1.807) is 45.0 Å². The zero-order valence-corrected chi connectivity index (χ0v) is 17.8. The lowest BCUT2D eigenvalue weighted by Crippen LogP contribution is -2.36. The van der Waals surface area contributed by atoms with Gasteiger partial charge >= 0.3 is 6.09 Å². The number of carbonyl (C=O) groups excluding carboxylic acids is 4. The Morgan fingerprint density at radius 2 is 1.66 bits per heavy atom. The van der Waals surface area contributed by atoms with Gasteiger partial charge in [0.25, 0.3) is 17.7 Å². The lowest BCUT2D eigenvalue weighted by molar-refractivity contribution is -0.120. The van der Waals surface area contributed by atoms with Gasteiger partial charge in [-0.3, -0.25) is 19.7 Å². The summed E-state index contributed by atoms with van der Waals surface area (Å²) in [7, 11) is 0. The van der Waals surface area contributed by atoms with Crippen molar-refractivity contribution in [2.24, 2.45) is 5.73 Å². The van der Waals surface area contributed by atoms with Gasteiger partial charge in [-0.1, -0.05) is 13.2 Å². The van der Waals surface area contributed by atoms with Crippen molar-refractivity contribution in [2.45, 2.75) is 26.4 Å². The van der Waals surface area contributed by atoms with Gasteiger partial charge in [-0.15, -0.1) is 0 Å². The van der Waals surface area contributed by atoms with Crippen molar-refractivity contribution in [3.63, 3.8) is 0 Å². The minimum Gasteiger partial charge on any atom is -0.444 e. The number of amides is 4. The third kappa shape index (κ3) is 6.83. The average Bonchev–Trinajstić information content (AvgIpc) is 3.17.